The van der Waals surface area contributed by atoms with Crippen LogP contribution in [0.2, 0.25) is 0 Å². The molecule has 1 heterocycles. The molecule has 0 saturated heterocycles. The van der Waals surface area contributed by atoms with E-state index in [1.54, 1.807) is 10.7 Å². The summed E-state index contributed by atoms with van der Waals surface area (Å²) < 4.78 is 1.77. The minimum Gasteiger partial charge on any atom is -0.507 e. The van der Waals surface area contributed by atoms with Gasteiger partial charge in [-0.15, -0.1) is 0 Å². The Morgan fingerprint density at radius 2 is 2.16 bits per heavy atom. The van der Waals surface area contributed by atoms with Gasteiger partial charge in [0.15, 0.2) is 0 Å². The molecule has 0 aliphatic heterocycles. The Kier molecular flexibility index (Phi) is 3.55. The highest BCUT2D eigenvalue weighted by Gasteiger charge is 2.10. The van der Waals surface area contributed by atoms with Crippen molar-refractivity contribution in [3.05, 3.63) is 47.3 Å². The van der Waals surface area contributed by atoms with Crippen molar-refractivity contribution in [1.29, 1.82) is 0 Å². The minimum atomic E-state index is -1.13. The Bertz CT molecular complexity index is 602. The van der Waals surface area contributed by atoms with Gasteiger partial charge < -0.3 is 10.2 Å². The van der Waals surface area contributed by atoms with Crippen LogP contribution in [0.4, 0.5) is 0 Å². The minimum absolute atomic E-state index is 0.0907. The third-order valence-corrected chi connectivity index (χ3v) is 2.96. The first-order valence-corrected chi connectivity index (χ1v) is 6.05. The Morgan fingerprint density at radius 3 is 2.68 bits per heavy atom. The van der Waals surface area contributed by atoms with Crippen LogP contribution in [0, 0.1) is 0 Å². The largest absolute Gasteiger partial charge is 0.507 e. The number of aromatic hydroxyl groups is 1. The number of carboxylic acids is 1. The highest BCUT2D eigenvalue weighted by molar-refractivity contribution is 5.90. The maximum absolute atomic E-state index is 10.8. The zero-order chi connectivity index (χ0) is 14.0. The molecule has 0 unspecified atom stereocenters. The van der Waals surface area contributed by atoms with E-state index in [9.17, 15) is 9.90 Å². The van der Waals surface area contributed by atoms with Crippen LogP contribution in [0.5, 0.6) is 5.75 Å². The molecule has 1 aromatic carbocycles. The highest BCUT2D eigenvalue weighted by Crippen LogP contribution is 2.20. The number of nitrogens with zero attached hydrogens (tertiary/aromatic N) is 2. The standard InChI is InChI=1S/C14H16N2O3/c1-9(2)11-6-15-16(8-11)7-10-3-4-12(14(18)19)13(17)5-10/h3-6,8-9,17H,7H2,1-2H3,(H,18,19). The first-order chi connectivity index (χ1) is 8.97. The van der Waals surface area contributed by atoms with Crippen LogP contribution in [-0.4, -0.2) is 26.0 Å². The lowest BCUT2D eigenvalue weighted by atomic mass is 10.1. The monoisotopic (exact) mass is 260 g/mol. The molecule has 0 saturated carbocycles. The fraction of sp³-hybridized carbons (Fsp3) is 0.286. The van der Waals surface area contributed by atoms with Gasteiger partial charge in [-0.05, 0) is 29.2 Å². The van der Waals surface area contributed by atoms with Crippen LogP contribution in [-0.2, 0) is 6.54 Å². The van der Waals surface area contributed by atoms with Gasteiger partial charge in [0.05, 0.1) is 12.7 Å². The lowest BCUT2D eigenvalue weighted by Gasteiger charge is -2.05. The van der Waals surface area contributed by atoms with Gasteiger partial charge in [-0.1, -0.05) is 19.9 Å². The van der Waals surface area contributed by atoms with Crippen molar-refractivity contribution in [3.8, 4) is 5.75 Å². The van der Waals surface area contributed by atoms with Gasteiger partial charge in [0.25, 0.3) is 0 Å². The highest BCUT2D eigenvalue weighted by atomic mass is 16.4. The van der Waals surface area contributed by atoms with Gasteiger partial charge in [0.1, 0.15) is 11.3 Å². The third-order valence-electron chi connectivity index (χ3n) is 2.96. The molecule has 0 amide bonds. The van der Waals surface area contributed by atoms with Crippen molar-refractivity contribution < 1.29 is 15.0 Å². The fourth-order valence-corrected chi connectivity index (χ4v) is 1.81. The fourth-order valence-electron chi connectivity index (χ4n) is 1.81. The van der Waals surface area contributed by atoms with E-state index in [4.69, 9.17) is 5.11 Å². The van der Waals surface area contributed by atoms with Crippen LogP contribution >= 0.6 is 0 Å². The zero-order valence-corrected chi connectivity index (χ0v) is 10.9. The maximum atomic E-state index is 10.8. The zero-order valence-electron chi connectivity index (χ0n) is 10.9. The number of carbonyl (C=O) groups is 1. The summed E-state index contributed by atoms with van der Waals surface area (Å²) in [6, 6.07) is 4.54. The number of aromatic nitrogens is 2. The number of benzene rings is 1. The topological polar surface area (TPSA) is 75.4 Å². The SMILES string of the molecule is CC(C)c1cnn(Cc2ccc(C(=O)O)c(O)c2)c1. The molecular weight excluding hydrogens is 244 g/mol. The molecule has 0 radical (unpaired) electrons. The number of carboxylic acid groups (broad SMARTS) is 1. The van der Waals surface area contributed by atoms with Gasteiger partial charge in [0, 0.05) is 6.20 Å². The number of rotatable bonds is 4. The van der Waals surface area contributed by atoms with Crippen LogP contribution < -0.4 is 0 Å². The van der Waals surface area contributed by atoms with Gasteiger partial charge in [-0.2, -0.15) is 5.10 Å². The third kappa shape index (κ3) is 2.93. The molecule has 2 aromatic rings. The summed E-state index contributed by atoms with van der Waals surface area (Å²) in [5.41, 5.74) is 1.86. The summed E-state index contributed by atoms with van der Waals surface area (Å²) in [4.78, 5) is 10.8. The summed E-state index contributed by atoms with van der Waals surface area (Å²) in [5, 5.41) is 22.7. The van der Waals surface area contributed by atoms with Crippen molar-refractivity contribution in [1.82, 2.24) is 9.78 Å². The van der Waals surface area contributed by atoms with E-state index in [1.807, 2.05) is 12.4 Å². The molecule has 1 aromatic heterocycles. The van der Waals surface area contributed by atoms with Gasteiger partial charge in [-0.3, -0.25) is 4.68 Å². The molecule has 0 aliphatic carbocycles. The molecule has 0 bridgehead atoms. The van der Waals surface area contributed by atoms with Crippen LogP contribution in [0.3, 0.4) is 0 Å². The normalized spacial score (nSPS) is 10.9. The number of phenols is 1. The summed E-state index contributed by atoms with van der Waals surface area (Å²) >= 11 is 0. The van der Waals surface area contributed by atoms with E-state index >= 15 is 0 Å². The second-order valence-corrected chi connectivity index (χ2v) is 4.78. The van der Waals surface area contributed by atoms with Crippen LogP contribution in [0.25, 0.3) is 0 Å². The van der Waals surface area contributed by atoms with Crippen molar-refractivity contribution >= 4 is 5.97 Å². The molecule has 100 valence electrons. The van der Waals surface area contributed by atoms with Crippen molar-refractivity contribution in [2.75, 3.05) is 0 Å². The van der Waals surface area contributed by atoms with E-state index < -0.39 is 5.97 Å². The maximum Gasteiger partial charge on any atom is 0.339 e. The quantitative estimate of drug-likeness (QED) is 0.885. The predicted molar refractivity (Wildman–Crippen MR) is 70.5 cm³/mol. The van der Waals surface area contributed by atoms with E-state index in [2.05, 4.69) is 18.9 Å². The molecule has 0 fully saturated rings. The molecule has 19 heavy (non-hydrogen) atoms. The molecule has 0 atom stereocenters. The summed E-state index contributed by atoms with van der Waals surface area (Å²) in [5.74, 6) is -0.942. The van der Waals surface area contributed by atoms with E-state index in [-0.39, 0.29) is 11.3 Å². The molecular formula is C14H16N2O3. The molecule has 0 aliphatic rings. The van der Waals surface area contributed by atoms with E-state index in [0.717, 1.165) is 11.1 Å². The van der Waals surface area contributed by atoms with Crippen LogP contribution in [0.1, 0.15) is 41.3 Å². The molecule has 2 N–H and O–H groups in total. The number of aromatic carboxylic acids is 1. The molecule has 5 heteroatoms. The lowest BCUT2D eigenvalue weighted by molar-refractivity contribution is 0.0693. The molecule has 2 rings (SSSR count). The lowest BCUT2D eigenvalue weighted by Crippen LogP contribution is -2.02. The number of hydrogen-bond acceptors (Lipinski definition) is 3. The first-order valence-electron chi connectivity index (χ1n) is 6.05. The average Bonchev–Trinajstić information content (AvgIpc) is 2.77. The van der Waals surface area contributed by atoms with Gasteiger partial charge >= 0.3 is 5.97 Å². The van der Waals surface area contributed by atoms with Crippen molar-refractivity contribution in [2.24, 2.45) is 0 Å². The number of hydrogen-bond donors (Lipinski definition) is 2. The van der Waals surface area contributed by atoms with Gasteiger partial charge in [-0.25, -0.2) is 4.79 Å². The average molecular weight is 260 g/mol. The Balaban J connectivity index is 2.19. The smallest absolute Gasteiger partial charge is 0.339 e. The second-order valence-electron chi connectivity index (χ2n) is 4.78. The molecule has 0 spiro atoms. The second kappa shape index (κ2) is 5.14. The summed E-state index contributed by atoms with van der Waals surface area (Å²) in [6.45, 7) is 4.68. The van der Waals surface area contributed by atoms with E-state index in [0.29, 0.717) is 12.5 Å². The Labute approximate surface area is 111 Å². The first kappa shape index (κ1) is 13.1. The van der Waals surface area contributed by atoms with Crippen molar-refractivity contribution in [3.63, 3.8) is 0 Å². The Hall–Kier alpha value is -2.30. The van der Waals surface area contributed by atoms with Gasteiger partial charge in [0.2, 0.25) is 0 Å². The van der Waals surface area contributed by atoms with Crippen molar-refractivity contribution in [2.45, 2.75) is 26.3 Å². The van der Waals surface area contributed by atoms with E-state index in [1.165, 1.54) is 12.1 Å². The Morgan fingerprint density at radius 1 is 1.42 bits per heavy atom. The predicted octanol–water partition coefficient (Wildman–Crippen LogP) is 2.46. The summed E-state index contributed by atoms with van der Waals surface area (Å²) in [7, 11) is 0. The summed E-state index contributed by atoms with van der Waals surface area (Å²) in [6.07, 6.45) is 3.77. The van der Waals surface area contributed by atoms with Crippen LogP contribution in [0.15, 0.2) is 30.6 Å². The molecule has 5 nitrogen and oxygen atoms in total.